The summed E-state index contributed by atoms with van der Waals surface area (Å²) in [5.41, 5.74) is 3.68. The van der Waals surface area contributed by atoms with E-state index in [-0.39, 0.29) is 0 Å². The summed E-state index contributed by atoms with van der Waals surface area (Å²) < 4.78 is 11.3. The molecule has 10 heteroatoms. The van der Waals surface area contributed by atoms with E-state index in [2.05, 4.69) is 41.8 Å². The first kappa shape index (κ1) is 18.4. The molecule has 0 spiro atoms. The number of thiocarbonyl (C=S) groups is 1. The van der Waals surface area contributed by atoms with E-state index in [9.17, 15) is 0 Å². The molecule has 2 heterocycles. The highest BCUT2D eigenvalue weighted by Gasteiger charge is 2.19. The molecule has 0 radical (unpaired) electrons. The zero-order chi connectivity index (χ0) is 18.8. The van der Waals surface area contributed by atoms with Gasteiger partial charge in [-0.05, 0) is 52.9 Å². The first-order valence-electron chi connectivity index (χ1n) is 8.23. The zero-order valence-corrected chi connectivity index (χ0v) is 17.2. The number of hydrogen-bond donors (Lipinski definition) is 2. The molecule has 1 aliphatic rings. The van der Waals surface area contributed by atoms with E-state index in [1.165, 1.54) is 0 Å². The van der Waals surface area contributed by atoms with Crippen LogP contribution in [0.5, 0.6) is 0 Å². The molecule has 1 aliphatic heterocycles. The highest BCUT2D eigenvalue weighted by Crippen LogP contribution is 2.31. The third kappa shape index (κ3) is 4.01. The van der Waals surface area contributed by atoms with Crippen molar-refractivity contribution >= 4 is 73.0 Å². The van der Waals surface area contributed by atoms with Crippen molar-refractivity contribution in [1.82, 2.24) is 10.3 Å². The van der Waals surface area contributed by atoms with Crippen LogP contribution in [-0.4, -0.2) is 41.7 Å². The molecule has 2 N–H and O–H groups in total. The standard InChI is InChI=1S/C17H15BrClN5O2S/c18-10-1-2-12(11(19)9-10)20-17(27)21-13-3-4-14(16-15(13)22-26-23-16)24-5-7-25-8-6-24/h1-4,9H,5-8H2,(H2,20,21,27). The van der Waals surface area contributed by atoms with Gasteiger partial charge >= 0.3 is 0 Å². The Hall–Kier alpha value is -1.94. The molecular weight excluding hydrogens is 454 g/mol. The number of benzene rings is 2. The maximum absolute atomic E-state index is 6.23. The molecule has 2 aromatic carbocycles. The molecule has 4 rings (SSSR count). The van der Waals surface area contributed by atoms with Gasteiger partial charge in [0.05, 0.1) is 35.3 Å². The van der Waals surface area contributed by atoms with Gasteiger partial charge in [-0.3, -0.25) is 0 Å². The molecule has 27 heavy (non-hydrogen) atoms. The lowest BCUT2D eigenvalue weighted by atomic mass is 10.2. The van der Waals surface area contributed by atoms with E-state index >= 15 is 0 Å². The topological polar surface area (TPSA) is 75.5 Å². The van der Waals surface area contributed by atoms with Gasteiger partial charge in [-0.15, -0.1) is 0 Å². The van der Waals surface area contributed by atoms with Crippen LogP contribution in [-0.2, 0) is 4.74 Å². The van der Waals surface area contributed by atoms with Crippen LogP contribution in [0.25, 0.3) is 11.0 Å². The molecule has 1 fully saturated rings. The Kier molecular flexibility index (Phi) is 5.44. The van der Waals surface area contributed by atoms with Crippen molar-refractivity contribution in [3.05, 3.63) is 39.8 Å². The highest BCUT2D eigenvalue weighted by atomic mass is 79.9. The average molecular weight is 469 g/mol. The summed E-state index contributed by atoms with van der Waals surface area (Å²) in [6.07, 6.45) is 0. The molecular formula is C17H15BrClN5O2S. The van der Waals surface area contributed by atoms with Gasteiger partial charge in [0, 0.05) is 17.6 Å². The second-order valence-electron chi connectivity index (χ2n) is 5.90. The lowest BCUT2D eigenvalue weighted by molar-refractivity contribution is 0.123. The molecule has 1 aromatic heterocycles. The van der Waals surface area contributed by atoms with E-state index < -0.39 is 0 Å². The molecule has 3 aromatic rings. The molecule has 0 atom stereocenters. The summed E-state index contributed by atoms with van der Waals surface area (Å²) in [6.45, 7) is 2.98. The summed E-state index contributed by atoms with van der Waals surface area (Å²) in [7, 11) is 0. The number of aromatic nitrogens is 2. The Labute approximate surface area is 174 Å². The fourth-order valence-electron chi connectivity index (χ4n) is 2.88. The number of rotatable bonds is 3. The number of nitrogens with zero attached hydrogens (tertiary/aromatic N) is 3. The van der Waals surface area contributed by atoms with Gasteiger partial charge in [-0.1, -0.05) is 27.5 Å². The third-order valence-corrected chi connectivity index (χ3v) is 5.18. The second-order valence-corrected chi connectivity index (χ2v) is 7.63. The van der Waals surface area contributed by atoms with Crippen LogP contribution in [0.15, 0.2) is 39.4 Å². The van der Waals surface area contributed by atoms with Gasteiger partial charge in [-0.2, -0.15) is 0 Å². The quantitative estimate of drug-likeness (QED) is 0.552. The van der Waals surface area contributed by atoms with Crippen LogP contribution in [0.4, 0.5) is 17.1 Å². The number of hydrogen-bond acceptors (Lipinski definition) is 6. The number of ether oxygens (including phenoxy) is 1. The minimum atomic E-state index is 0.391. The summed E-state index contributed by atoms with van der Waals surface area (Å²) >= 11 is 15.0. The maximum Gasteiger partial charge on any atom is 0.175 e. The van der Waals surface area contributed by atoms with E-state index in [1.807, 2.05) is 24.3 Å². The van der Waals surface area contributed by atoms with Gasteiger partial charge in [0.1, 0.15) is 0 Å². The Balaban J connectivity index is 1.55. The number of fused-ring (bicyclic) bond motifs is 1. The monoisotopic (exact) mass is 467 g/mol. The fraction of sp³-hybridized carbons (Fsp3) is 0.235. The normalized spacial score (nSPS) is 14.4. The van der Waals surface area contributed by atoms with Crippen molar-refractivity contribution < 1.29 is 9.37 Å². The molecule has 140 valence electrons. The molecule has 0 saturated carbocycles. The number of halogens is 2. The average Bonchev–Trinajstić information content (AvgIpc) is 3.15. The van der Waals surface area contributed by atoms with Crippen molar-refractivity contribution in [1.29, 1.82) is 0 Å². The number of nitrogens with one attached hydrogen (secondary N) is 2. The smallest absolute Gasteiger partial charge is 0.175 e. The Morgan fingerprint density at radius 1 is 1.07 bits per heavy atom. The zero-order valence-electron chi connectivity index (χ0n) is 14.0. The van der Waals surface area contributed by atoms with E-state index in [1.54, 1.807) is 6.07 Å². The molecule has 0 amide bonds. The van der Waals surface area contributed by atoms with Crippen LogP contribution in [0, 0.1) is 0 Å². The molecule has 1 saturated heterocycles. The van der Waals surface area contributed by atoms with E-state index in [0.717, 1.165) is 23.2 Å². The van der Waals surface area contributed by atoms with Gasteiger partial charge in [0.15, 0.2) is 16.1 Å². The first-order chi connectivity index (χ1) is 13.1. The molecule has 0 bridgehead atoms. The molecule has 7 nitrogen and oxygen atoms in total. The van der Waals surface area contributed by atoms with Crippen LogP contribution < -0.4 is 15.5 Å². The van der Waals surface area contributed by atoms with Crippen molar-refractivity contribution in [2.24, 2.45) is 0 Å². The van der Waals surface area contributed by atoms with Gasteiger partial charge in [-0.25, -0.2) is 4.63 Å². The number of anilines is 3. The Morgan fingerprint density at radius 2 is 1.78 bits per heavy atom. The minimum absolute atomic E-state index is 0.391. The lowest BCUT2D eigenvalue weighted by Crippen LogP contribution is -2.36. The fourth-order valence-corrected chi connectivity index (χ4v) is 3.82. The van der Waals surface area contributed by atoms with Crippen LogP contribution in [0.1, 0.15) is 0 Å². The largest absolute Gasteiger partial charge is 0.378 e. The summed E-state index contributed by atoms with van der Waals surface area (Å²) in [6, 6.07) is 9.41. The summed E-state index contributed by atoms with van der Waals surface area (Å²) in [5, 5.41) is 15.3. The summed E-state index contributed by atoms with van der Waals surface area (Å²) in [4.78, 5) is 2.21. The van der Waals surface area contributed by atoms with E-state index in [4.69, 9.17) is 33.2 Å². The van der Waals surface area contributed by atoms with Crippen LogP contribution in [0.3, 0.4) is 0 Å². The number of morpholine rings is 1. The van der Waals surface area contributed by atoms with Crippen LogP contribution >= 0.6 is 39.7 Å². The van der Waals surface area contributed by atoms with Crippen molar-refractivity contribution in [3.63, 3.8) is 0 Å². The van der Waals surface area contributed by atoms with Crippen molar-refractivity contribution in [2.75, 3.05) is 41.8 Å². The second kappa shape index (κ2) is 7.97. The van der Waals surface area contributed by atoms with Gasteiger partial charge < -0.3 is 20.3 Å². The van der Waals surface area contributed by atoms with Gasteiger partial charge in [0.2, 0.25) is 0 Å². The summed E-state index contributed by atoms with van der Waals surface area (Å²) in [5.74, 6) is 0. The minimum Gasteiger partial charge on any atom is -0.378 e. The van der Waals surface area contributed by atoms with Crippen LogP contribution in [0.2, 0.25) is 5.02 Å². The predicted octanol–water partition coefficient (Wildman–Crippen LogP) is 4.28. The highest BCUT2D eigenvalue weighted by molar-refractivity contribution is 9.10. The maximum atomic E-state index is 6.23. The molecule has 0 unspecified atom stereocenters. The van der Waals surface area contributed by atoms with Gasteiger partial charge in [0.25, 0.3) is 0 Å². The Morgan fingerprint density at radius 3 is 2.56 bits per heavy atom. The van der Waals surface area contributed by atoms with Crippen molar-refractivity contribution in [3.8, 4) is 0 Å². The lowest BCUT2D eigenvalue weighted by Gasteiger charge is -2.28. The van der Waals surface area contributed by atoms with Crippen molar-refractivity contribution in [2.45, 2.75) is 0 Å². The molecule has 0 aliphatic carbocycles. The Bertz CT molecular complexity index is 993. The third-order valence-electron chi connectivity index (χ3n) is 4.17. The van der Waals surface area contributed by atoms with E-state index in [0.29, 0.717) is 45.8 Å². The SMILES string of the molecule is S=C(Nc1ccc(Br)cc1Cl)Nc1ccc(N2CCOCC2)c2nonc12. The predicted molar refractivity (Wildman–Crippen MR) is 114 cm³/mol. The first-order valence-corrected chi connectivity index (χ1v) is 9.81.